The second-order valence-electron chi connectivity index (χ2n) is 7.24. The third kappa shape index (κ3) is 5.42. The van der Waals surface area contributed by atoms with Gasteiger partial charge in [0, 0.05) is 6.54 Å². The maximum atomic E-state index is 13.0. The number of hydrogen-bond donors (Lipinski definition) is 0. The molecule has 0 aromatic heterocycles. The molecule has 0 aliphatic carbocycles. The molecule has 1 saturated heterocycles. The molecule has 2 amide bonds. The van der Waals surface area contributed by atoms with E-state index < -0.39 is 0 Å². The first-order valence-corrected chi connectivity index (χ1v) is 10.6. The molecule has 2 aromatic rings. The summed E-state index contributed by atoms with van der Waals surface area (Å²) < 4.78 is 24.6. The minimum Gasteiger partial charge on any atom is -0.490 e. The van der Waals surface area contributed by atoms with Gasteiger partial charge in [0.05, 0.1) is 11.5 Å². The summed E-state index contributed by atoms with van der Waals surface area (Å²) in [5, 5.41) is -0.246. The van der Waals surface area contributed by atoms with E-state index in [0.29, 0.717) is 29.6 Å². The van der Waals surface area contributed by atoms with Gasteiger partial charge in [0.15, 0.2) is 11.5 Å². The van der Waals surface area contributed by atoms with Gasteiger partial charge in [-0.25, -0.2) is 4.39 Å². The highest BCUT2D eigenvalue weighted by molar-refractivity contribution is 8.18. The SMILES string of the molecule is CCOc1cc(C=C2SC(=O)N(CC(C)C)C2=O)ccc1OCc1ccc(F)cc1. The fourth-order valence-corrected chi connectivity index (χ4v) is 3.77. The van der Waals surface area contributed by atoms with E-state index in [1.165, 1.54) is 17.0 Å². The number of carbonyl (C=O) groups is 2. The Morgan fingerprint density at radius 2 is 1.80 bits per heavy atom. The average molecular weight is 430 g/mol. The summed E-state index contributed by atoms with van der Waals surface area (Å²) in [6.07, 6.45) is 1.69. The molecule has 30 heavy (non-hydrogen) atoms. The minimum absolute atomic E-state index is 0.208. The lowest BCUT2D eigenvalue weighted by atomic mass is 10.1. The first-order valence-electron chi connectivity index (χ1n) is 9.76. The number of nitrogens with zero attached hydrogens (tertiary/aromatic N) is 1. The fraction of sp³-hybridized carbons (Fsp3) is 0.304. The molecule has 0 atom stereocenters. The molecule has 3 rings (SSSR count). The van der Waals surface area contributed by atoms with Crippen LogP contribution in [0.15, 0.2) is 47.4 Å². The van der Waals surface area contributed by atoms with Gasteiger partial charge >= 0.3 is 0 Å². The summed E-state index contributed by atoms with van der Waals surface area (Å²) in [5.74, 6) is 0.727. The molecule has 0 unspecified atom stereocenters. The second-order valence-corrected chi connectivity index (χ2v) is 8.23. The lowest BCUT2D eigenvalue weighted by Crippen LogP contribution is -2.31. The Morgan fingerprint density at radius 1 is 1.07 bits per heavy atom. The van der Waals surface area contributed by atoms with Crippen LogP contribution in [0.1, 0.15) is 31.9 Å². The normalized spacial score (nSPS) is 15.4. The van der Waals surface area contributed by atoms with Gasteiger partial charge in [-0.1, -0.05) is 32.0 Å². The lowest BCUT2D eigenvalue weighted by Gasteiger charge is -2.14. The zero-order valence-corrected chi connectivity index (χ0v) is 18.0. The molecule has 7 heteroatoms. The van der Waals surface area contributed by atoms with Gasteiger partial charge in [-0.05, 0) is 66.1 Å². The maximum absolute atomic E-state index is 13.0. The summed E-state index contributed by atoms with van der Waals surface area (Å²) in [6, 6.07) is 11.4. The van der Waals surface area contributed by atoms with Gasteiger partial charge in [-0.15, -0.1) is 0 Å². The van der Waals surface area contributed by atoms with Crippen LogP contribution >= 0.6 is 11.8 Å². The summed E-state index contributed by atoms with van der Waals surface area (Å²) in [7, 11) is 0. The molecule has 5 nitrogen and oxygen atoms in total. The third-order valence-electron chi connectivity index (χ3n) is 4.29. The number of amides is 2. The van der Waals surface area contributed by atoms with E-state index in [1.807, 2.05) is 20.8 Å². The molecule has 2 aromatic carbocycles. The second kappa shape index (κ2) is 9.80. The van der Waals surface area contributed by atoms with Gasteiger partial charge in [0.1, 0.15) is 12.4 Å². The number of imide groups is 1. The fourth-order valence-electron chi connectivity index (χ4n) is 2.92. The Labute approximate surface area is 179 Å². The topological polar surface area (TPSA) is 55.8 Å². The number of thioether (sulfide) groups is 1. The van der Waals surface area contributed by atoms with Crippen molar-refractivity contribution < 1.29 is 23.5 Å². The predicted molar refractivity (Wildman–Crippen MR) is 116 cm³/mol. The van der Waals surface area contributed by atoms with Crippen LogP contribution in [0.3, 0.4) is 0 Å². The molecule has 1 aliphatic heterocycles. The van der Waals surface area contributed by atoms with E-state index in [2.05, 4.69) is 0 Å². The van der Waals surface area contributed by atoms with Crippen molar-refractivity contribution in [2.45, 2.75) is 27.4 Å². The molecule has 0 spiro atoms. The first-order chi connectivity index (χ1) is 14.4. The van der Waals surface area contributed by atoms with Crippen molar-refractivity contribution >= 4 is 29.0 Å². The molecular formula is C23H24FNO4S. The van der Waals surface area contributed by atoms with Gasteiger partial charge < -0.3 is 9.47 Å². The molecule has 0 N–H and O–H groups in total. The van der Waals surface area contributed by atoms with E-state index in [1.54, 1.807) is 36.4 Å². The number of benzene rings is 2. The van der Waals surface area contributed by atoms with E-state index in [-0.39, 0.29) is 29.5 Å². The Morgan fingerprint density at radius 3 is 2.47 bits per heavy atom. The van der Waals surface area contributed by atoms with Crippen molar-refractivity contribution in [1.29, 1.82) is 0 Å². The zero-order valence-electron chi connectivity index (χ0n) is 17.2. The van der Waals surface area contributed by atoms with Crippen LogP contribution in [0, 0.1) is 11.7 Å². The van der Waals surface area contributed by atoms with Crippen molar-refractivity contribution in [1.82, 2.24) is 4.90 Å². The van der Waals surface area contributed by atoms with Crippen LogP contribution < -0.4 is 9.47 Å². The van der Waals surface area contributed by atoms with E-state index in [0.717, 1.165) is 22.9 Å². The number of halogens is 1. The summed E-state index contributed by atoms with van der Waals surface area (Å²) in [5.41, 5.74) is 1.57. The van der Waals surface area contributed by atoms with Crippen LogP contribution in [0.25, 0.3) is 6.08 Å². The molecule has 0 bridgehead atoms. The van der Waals surface area contributed by atoms with Crippen molar-refractivity contribution in [3.8, 4) is 11.5 Å². The van der Waals surface area contributed by atoms with Crippen molar-refractivity contribution in [3.63, 3.8) is 0 Å². The monoisotopic (exact) mass is 429 g/mol. The van der Waals surface area contributed by atoms with Crippen molar-refractivity contribution in [2.24, 2.45) is 5.92 Å². The van der Waals surface area contributed by atoms with Gasteiger partial charge in [-0.3, -0.25) is 14.5 Å². The van der Waals surface area contributed by atoms with Crippen LogP contribution in [0.2, 0.25) is 0 Å². The number of rotatable bonds is 8. The molecule has 1 heterocycles. The van der Waals surface area contributed by atoms with Crippen molar-refractivity contribution in [3.05, 3.63) is 64.3 Å². The summed E-state index contributed by atoms with van der Waals surface area (Å²) in [6.45, 7) is 6.92. The van der Waals surface area contributed by atoms with E-state index in [4.69, 9.17) is 9.47 Å². The predicted octanol–water partition coefficient (Wildman–Crippen LogP) is 5.50. The van der Waals surface area contributed by atoms with E-state index >= 15 is 0 Å². The highest BCUT2D eigenvalue weighted by Crippen LogP contribution is 2.35. The molecule has 1 fully saturated rings. The Balaban J connectivity index is 1.77. The first kappa shape index (κ1) is 21.9. The standard InChI is InChI=1S/C23H24FNO4S/c1-4-28-20-11-17(12-21-22(26)25(13-15(2)3)23(27)30-21)7-10-19(20)29-14-16-5-8-18(24)9-6-16/h5-12,15H,4,13-14H2,1-3H3. The van der Waals surface area contributed by atoms with Crippen molar-refractivity contribution in [2.75, 3.05) is 13.2 Å². The molecule has 0 radical (unpaired) electrons. The number of ether oxygens (including phenoxy) is 2. The van der Waals surface area contributed by atoms with Crippen LogP contribution in [0.5, 0.6) is 11.5 Å². The Hall–Kier alpha value is -2.80. The largest absolute Gasteiger partial charge is 0.490 e. The summed E-state index contributed by atoms with van der Waals surface area (Å²) in [4.78, 5) is 26.4. The minimum atomic E-state index is -0.295. The third-order valence-corrected chi connectivity index (χ3v) is 5.20. The van der Waals surface area contributed by atoms with Gasteiger partial charge in [0.25, 0.3) is 11.1 Å². The smallest absolute Gasteiger partial charge is 0.293 e. The number of carbonyl (C=O) groups excluding carboxylic acids is 2. The molecule has 0 saturated carbocycles. The molecular weight excluding hydrogens is 405 g/mol. The van der Waals surface area contributed by atoms with Crippen LogP contribution in [-0.4, -0.2) is 29.2 Å². The molecule has 1 aliphatic rings. The average Bonchev–Trinajstić information content (AvgIpc) is 2.96. The Bertz CT molecular complexity index is 956. The highest BCUT2D eigenvalue weighted by Gasteiger charge is 2.35. The molecule has 158 valence electrons. The van der Waals surface area contributed by atoms with Gasteiger partial charge in [0.2, 0.25) is 0 Å². The zero-order chi connectivity index (χ0) is 21.7. The van der Waals surface area contributed by atoms with E-state index in [9.17, 15) is 14.0 Å². The quantitative estimate of drug-likeness (QED) is 0.519. The summed E-state index contributed by atoms with van der Waals surface area (Å²) >= 11 is 0.947. The van der Waals surface area contributed by atoms with Crippen LogP contribution in [0.4, 0.5) is 9.18 Å². The van der Waals surface area contributed by atoms with Gasteiger partial charge in [-0.2, -0.15) is 0 Å². The van der Waals surface area contributed by atoms with Crippen LogP contribution in [-0.2, 0) is 11.4 Å². The maximum Gasteiger partial charge on any atom is 0.293 e. The Kier molecular flexibility index (Phi) is 7.15. The highest BCUT2D eigenvalue weighted by atomic mass is 32.2. The number of hydrogen-bond acceptors (Lipinski definition) is 5. The lowest BCUT2D eigenvalue weighted by molar-refractivity contribution is -0.123.